The van der Waals surface area contributed by atoms with Gasteiger partial charge >= 0.3 is 12.1 Å². The molecule has 0 bridgehead atoms. The van der Waals surface area contributed by atoms with Crippen LogP contribution in [0.3, 0.4) is 0 Å². The van der Waals surface area contributed by atoms with Crippen LogP contribution in [0.15, 0.2) is 23.8 Å². The Kier molecular flexibility index (Phi) is 12.0. The monoisotopic (exact) mass is 438 g/mol. The van der Waals surface area contributed by atoms with E-state index in [1.54, 1.807) is 0 Å². The fraction of sp³-hybridized carbons (Fsp3) is 0.533. The van der Waals surface area contributed by atoms with Gasteiger partial charge in [0.05, 0.1) is 4.43 Å². The van der Waals surface area contributed by atoms with Crippen molar-refractivity contribution in [1.82, 2.24) is 10.6 Å². The molecule has 8 heteroatoms. The quantitative estimate of drug-likeness (QED) is 0.210. The van der Waals surface area contributed by atoms with E-state index in [0.717, 1.165) is 5.57 Å². The predicted octanol–water partition coefficient (Wildman–Crippen LogP) is 2.02. The zero-order valence-electron chi connectivity index (χ0n) is 13.3. The van der Waals surface area contributed by atoms with Crippen LogP contribution in [0.4, 0.5) is 4.79 Å². The lowest BCUT2D eigenvalue weighted by molar-refractivity contribution is -0.141. The largest absolute Gasteiger partial charge is 0.480 e. The van der Waals surface area contributed by atoms with Crippen LogP contribution in [0.2, 0.25) is 0 Å². The van der Waals surface area contributed by atoms with E-state index in [4.69, 9.17) is 9.84 Å². The number of carbonyl (C=O) groups excluding carboxylic acids is 2. The summed E-state index contributed by atoms with van der Waals surface area (Å²) in [5, 5.41) is 14.0. The molecule has 0 aliphatic heterocycles. The number of amides is 2. The molecule has 7 nitrogen and oxygen atoms in total. The van der Waals surface area contributed by atoms with Gasteiger partial charge in [-0.25, -0.2) is 9.59 Å². The summed E-state index contributed by atoms with van der Waals surface area (Å²) >= 11 is 1.86. The second kappa shape index (κ2) is 12.9. The van der Waals surface area contributed by atoms with E-state index in [0.29, 0.717) is 6.42 Å². The number of halogens is 1. The van der Waals surface area contributed by atoms with Crippen LogP contribution in [0, 0.1) is 0 Å². The average molecular weight is 438 g/mol. The first-order chi connectivity index (χ1) is 10.9. The Hall–Kier alpha value is -1.58. The number of allylic oxidation sites excluding steroid dienone is 3. The zero-order valence-corrected chi connectivity index (χ0v) is 15.5. The van der Waals surface area contributed by atoms with Crippen molar-refractivity contribution in [2.45, 2.75) is 32.7 Å². The van der Waals surface area contributed by atoms with E-state index in [1.807, 2.05) is 54.7 Å². The number of rotatable bonds is 10. The Balaban J connectivity index is 3.98. The topological polar surface area (TPSA) is 105 Å². The third-order valence-electron chi connectivity index (χ3n) is 2.70. The summed E-state index contributed by atoms with van der Waals surface area (Å²) < 4.78 is 5.20. The van der Waals surface area contributed by atoms with E-state index < -0.39 is 18.1 Å². The molecule has 0 aliphatic carbocycles. The van der Waals surface area contributed by atoms with Crippen molar-refractivity contribution >= 4 is 40.6 Å². The number of alkyl halides is 1. The molecule has 0 rings (SSSR count). The Morgan fingerprint density at radius 1 is 1.35 bits per heavy atom. The number of carboxylic acid groups (broad SMARTS) is 1. The first kappa shape index (κ1) is 21.4. The van der Waals surface area contributed by atoms with Gasteiger partial charge in [-0.15, -0.1) is 0 Å². The number of aliphatic carboxylic acids is 1. The number of nitrogens with one attached hydrogen (secondary N) is 2. The maximum absolute atomic E-state index is 11.5. The summed E-state index contributed by atoms with van der Waals surface area (Å²) in [5.41, 5.74) is 0.908. The van der Waals surface area contributed by atoms with Gasteiger partial charge in [-0.3, -0.25) is 4.79 Å². The molecular formula is C15H23IN2O5. The number of carbonyl (C=O) groups is 3. The van der Waals surface area contributed by atoms with Gasteiger partial charge in [-0.2, -0.15) is 0 Å². The second-order valence-corrected chi connectivity index (χ2v) is 5.54. The Morgan fingerprint density at radius 3 is 2.61 bits per heavy atom. The summed E-state index contributed by atoms with van der Waals surface area (Å²) in [7, 11) is 0. The van der Waals surface area contributed by atoms with Crippen LogP contribution >= 0.6 is 22.6 Å². The van der Waals surface area contributed by atoms with Crippen LogP contribution < -0.4 is 10.6 Å². The molecule has 0 heterocycles. The molecule has 0 aliphatic rings. The first-order valence-corrected chi connectivity index (χ1v) is 8.70. The van der Waals surface area contributed by atoms with Gasteiger partial charge in [0.15, 0.2) is 0 Å². The number of hydrogen-bond donors (Lipinski definition) is 3. The Labute approximate surface area is 149 Å². The van der Waals surface area contributed by atoms with Crippen molar-refractivity contribution in [1.29, 1.82) is 0 Å². The van der Waals surface area contributed by atoms with Crippen LogP contribution in [0.25, 0.3) is 0 Å². The van der Waals surface area contributed by atoms with Crippen LogP contribution in [-0.2, 0) is 14.3 Å². The minimum absolute atomic E-state index is 0.194. The van der Waals surface area contributed by atoms with Gasteiger partial charge in [0.2, 0.25) is 5.91 Å². The van der Waals surface area contributed by atoms with Crippen molar-refractivity contribution in [3.05, 3.63) is 23.8 Å². The van der Waals surface area contributed by atoms with E-state index in [9.17, 15) is 14.4 Å². The van der Waals surface area contributed by atoms with E-state index in [-0.39, 0.29) is 29.9 Å². The van der Waals surface area contributed by atoms with Gasteiger partial charge in [-0.1, -0.05) is 40.8 Å². The number of alkyl carbamates (subject to hydrolysis) is 1. The van der Waals surface area contributed by atoms with Gasteiger partial charge in [0.25, 0.3) is 0 Å². The smallest absolute Gasteiger partial charge is 0.407 e. The molecule has 3 N–H and O–H groups in total. The summed E-state index contributed by atoms with van der Waals surface area (Å²) in [6, 6.07) is -0.943. The van der Waals surface area contributed by atoms with Gasteiger partial charge < -0.3 is 20.5 Å². The highest BCUT2D eigenvalue weighted by atomic mass is 127. The molecule has 0 saturated carbocycles. The van der Waals surface area contributed by atoms with Gasteiger partial charge in [-0.05, 0) is 32.3 Å². The molecule has 130 valence electrons. The minimum Gasteiger partial charge on any atom is -0.480 e. The van der Waals surface area contributed by atoms with Gasteiger partial charge in [0, 0.05) is 6.54 Å². The van der Waals surface area contributed by atoms with Crippen LogP contribution in [-0.4, -0.2) is 46.7 Å². The van der Waals surface area contributed by atoms with Crippen molar-refractivity contribution < 1.29 is 24.2 Å². The number of ether oxygens (including phenoxy) is 1. The standard InChI is InChI=1S/C15H23IN2O5/c1-3-4-6-11(2)10-23-15(22)17-8-5-7-12(14(20)21)18-13(19)9-16/h3-4,6,12H,5,7-10H2,1-2H3,(H,17,22)(H,18,19)(H,20,21)/b4-3-,11-6+. The minimum atomic E-state index is -1.09. The Bertz CT molecular complexity index is 463. The highest BCUT2D eigenvalue weighted by molar-refractivity contribution is 14.1. The SMILES string of the molecule is C/C=C\C=C(/C)COC(=O)NCCCC(NC(=O)CI)C(=O)O. The van der Waals surface area contributed by atoms with Crippen LogP contribution in [0.1, 0.15) is 26.7 Å². The van der Waals surface area contributed by atoms with Crippen LogP contribution in [0.5, 0.6) is 0 Å². The summed E-state index contributed by atoms with van der Waals surface area (Å²) in [6.07, 6.45) is 5.67. The molecule has 1 unspecified atom stereocenters. The van der Waals surface area contributed by atoms with E-state index in [1.165, 1.54) is 0 Å². The van der Waals surface area contributed by atoms with Gasteiger partial charge in [0.1, 0.15) is 12.6 Å². The fourth-order valence-corrected chi connectivity index (χ4v) is 1.75. The molecule has 0 fully saturated rings. The number of hydrogen-bond acceptors (Lipinski definition) is 4. The first-order valence-electron chi connectivity index (χ1n) is 7.17. The Morgan fingerprint density at radius 2 is 2.04 bits per heavy atom. The van der Waals surface area contributed by atoms with Crippen molar-refractivity contribution in [3.8, 4) is 0 Å². The molecule has 0 aromatic rings. The third kappa shape index (κ3) is 11.6. The third-order valence-corrected chi connectivity index (χ3v) is 3.39. The highest BCUT2D eigenvalue weighted by Crippen LogP contribution is 1.99. The summed E-state index contributed by atoms with van der Waals surface area (Å²) in [4.78, 5) is 33.7. The molecule has 0 aromatic heterocycles. The summed E-state index contributed by atoms with van der Waals surface area (Å²) in [5.74, 6) is -1.41. The molecule has 0 saturated heterocycles. The highest BCUT2D eigenvalue weighted by Gasteiger charge is 2.18. The lowest BCUT2D eigenvalue weighted by Crippen LogP contribution is -2.41. The molecule has 0 radical (unpaired) electrons. The molecular weight excluding hydrogens is 415 g/mol. The maximum atomic E-state index is 11.5. The lowest BCUT2D eigenvalue weighted by atomic mass is 10.1. The summed E-state index contributed by atoms with van der Waals surface area (Å²) in [6.45, 7) is 4.21. The second-order valence-electron chi connectivity index (χ2n) is 4.78. The van der Waals surface area contributed by atoms with E-state index in [2.05, 4.69) is 10.6 Å². The maximum Gasteiger partial charge on any atom is 0.407 e. The van der Waals surface area contributed by atoms with Crippen molar-refractivity contribution in [2.24, 2.45) is 0 Å². The molecule has 23 heavy (non-hydrogen) atoms. The molecule has 2 amide bonds. The van der Waals surface area contributed by atoms with Crippen molar-refractivity contribution in [3.63, 3.8) is 0 Å². The molecule has 1 atom stereocenters. The van der Waals surface area contributed by atoms with Crippen molar-refractivity contribution in [2.75, 3.05) is 17.6 Å². The average Bonchev–Trinajstić information content (AvgIpc) is 2.53. The molecule has 0 spiro atoms. The lowest BCUT2D eigenvalue weighted by Gasteiger charge is -2.13. The predicted molar refractivity (Wildman–Crippen MR) is 95.6 cm³/mol. The fourth-order valence-electron chi connectivity index (χ4n) is 1.53. The zero-order chi connectivity index (χ0) is 17.7. The number of carboxylic acids is 1. The molecule has 0 aromatic carbocycles. The van der Waals surface area contributed by atoms with E-state index >= 15 is 0 Å². The normalized spacial score (nSPS) is 12.7.